The molecule has 1 heterocycles. The monoisotopic (exact) mass is 299 g/mol. The van der Waals surface area contributed by atoms with Gasteiger partial charge in [0, 0.05) is 26.1 Å². The highest BCUT2D eigenvalue weighted by atomic mass is 35.5. The molecular weight excluding hydrogens is 274 g/mol. The predicted octanol–water partition coefficient (Wildman–Crippen LogP) is 2.71. The fraction of sp³-hybridized carbons (Fsp3) is 0.800. The molecule has 1 fully saturated rings. The van der Waals surface area contributed by atoms with E-state index in [4.69, 9.17) is 22.1 Å². The minimum atomic E-state index is 0.153. The zero-order valence-electron chi connectivity index (χ0n) is 12.7. The molecule has 1 aromatic rings. The average molecular weight is 300 g/mol. The molecule has 0 spiro atoms. The summed E-state index contributed by atoms with van der Waals surface area (Å²) in [5.41, 5.74) is 8.32. The number of aromatic nitrogens is 2. The largest absolute Gasteiger partial charge is 0.378 e. The molecule has 1 saturated carbocycles. The van der Waals surface area contributed by atoms with Gasteiger partial charge in [-0.3, -0.25) is 4.68 Å². The van der Waals surface area contributed by atoms with Gasteiger partial charge in [-0.05, 0) is 38.5 Å². The van der Waals surface area contributed by atoms with Gasteiger partial charge in [0.2, 0.25) is 0 Å². The Morgan fingerprint density at radius 1 is 1.45 bits per heavy atom. The molecule has 4 nitrogen and oxygen atoms in total. The molecule has 0 amide bonds. The van der Waals surface area contributed by atoms with Crippen LogP contribution in [-0.2, 0) is 24.6 Å². The average Bonchev–Trinajstić information content (AvgIpc) is 2.64. The lowest BCUT2D eigenvalue weighted by Crippen LogP contribution is -2.36. The van der Waals surface area contributed by atoms with E-state index in [0.717, 1.165) is 55.1 Å². The van der Waals surface area contributed by atoms with Gasteiger partial charge in [0.25, 0.3) is 0 Å². The third-order valence-electron chi connectivity index (χ3n) is 4.19. The van der Waals surface area contributed by atoms with Crippen molar-refractivity contribution in [2.24, 2.45) is 18.7 Å². The summed E-state index contributed by atoms with van der Waals surface area (Å²) in [5, 5.41) is 5.24. The zero-order chi connectivity index (χ0) is 14.7. The molecule has 1 atom stereocenters. The van der Waals surface area contributed by atoms with Gasteiger partial charge in [-0.25, -0.2) is 0 Å². The Bertz CT molecular complexity index is 441. The lowest BCUT2D eigenvalue weighted by atomic mass is 9.78. The fourth-order valence-corrected chi connectivity index (χ4v) is 3.41. The van der Waals surface area contributed by atoms with E-state index in [1.165, 1.54) is 0 Å². The lowest BCUT2D eigenvalue weighted by Gasteiger charge is -2.36. The van der Waals surface area contributed by atoms with Crippen LogP contribution in [0.25, 0.3) is 0 Å². The number of halogens is 1. The number of nitrogens with two attached hydrogens (primary N) is 1. The van der Waals surface area contributed by atoms with E-state index >= 15 is 0 Å². The highest BCUT2D eigenvalue weighted by Crippen LogP contribution is 2.34. The summed E-state index contributed by atoms with van der Waals surface area (Å²) < 4.78 is 7.47. The van der Waals surface area contributed by atoms with Crippen LogP contribution in [0, 0.1) is 5.92 Å². The normalized spacial score (nSPS) is 23.6. The maximum atomic E-state index is 6.36. The number of hydrogen-bond acceptors (Lipinski definition) is 3. The second-order valence-corrected chi connectivity index (χ2v) is 6.18. The van der Waals surface area contributed by atoms with Crippen molar-refractivity contribution in [3.63, 3.8) is 0 Å². The Labute approximate surface area is 126 Å². The molecule has 1 aromatic heterocycles. The van der Waals surface area contributed by atoms with Crippen LogP contribution < -0.4 is 5.73 Å². The Morgan fingerprint density at radius 2 is 2.15 bits per heavy atom. The van der Waals surface area contributed by atoms with Crippen LogP contribution in [0.2, 0.25) is 5.02 Å². The molecule has 2 N–H and O–H groups in total. The van der Waals surface area contributed by atoms with Gasteiger partial charge in [-0.1, -0.05) is 18.5 Å². The minimum Gasteiger partial charge on any atom is -0.378 e. The van der Waals surface area contributed by atoms with E-state index in [0.29, 0.717) is 12.0 Å². The molecule has 0 aromatic carbocycles. The highest BCUT2D eigenvalue weighted by molar-refractivity contribution is 6.31. The van der Waals surface area contributed by atoms with Crippen molar-refractivity contribution in [3.05, 3.63) is 16.4 Å². The van der Waals surface area contributed by atoms with Gasteiger partial charge in [0.15, 0.2) is 0 Å². The number of rotatable bonds is 7. The van der Waals surface area contributed by atoms with E-state index in [9.17, 15) is 0 Å². The van der Waals surface area contributed by atoms with Gasteiger partial charge < -0.3 is 10.5 Å². The van der Waals surface area contributed by atoms with Crippen molar-refractivity contribution in [1.29, 1.82) is 0 Å². The number of nitrogens with zero attached hydrogens (tertiary/aromatic N) is 2. The zero-order valence-corrected chi connectivity index (χ0v) is 13.5. The fourth-order valence-electron chi connectivity index (χ4n) is 3.04. The Kier molecular flexibility index (Phi) is 5.47. The molecular formula is C15H26ClN3O. The third kappa shape index (κ3) is 3.54. The number of ether oxygens (including phenoxy) is 1. The van der Waals surface area contributed by atoms with Crippen molar-refractivity contribution in [1.82, 2.24) is 9.78 Å². The predicted molar refractivity (Wildman–Crippen MR) is 82.0 cm³/mol. The Balaban J connectivity index is 1.83. The van der Waals surface area contributed by atoms with Crippen molar-refractivity contribution in [2.75, 3.05) is 6.61 Å². The topological polar surface area (TPSA) is 53.1 Å². The van der Waals surface area contributed by atoms with Crippen LogP contribution in [0.4, 0.5) is 0 Å². The van der Waals surface area contributed by atoms with Crippen molar-refractivity contribution in [2.45, 2.75) is 58.1 Å². The van der Waals surface area contributed by atoms with Crippen LogP contribution in [0.3, 0.4) is 0 Å². The molecule has 2 rings (SSSR count). The van der Waals surface area contributed by atoms with Crippen molar-refractivity contribution >= 4 is 11.6 Å². The number of aryl methyl sites for hydroxylation is 2. The summed E-state index contributed by atoms with van der Waals surface area (Å²) in [7, 11) is 1.95. The summed E-state index contributed by atoms with van der Waals surface area (Å²) in [6.07, 6.45) is 5.48. The summed E-state index contributed by atoms with van der Waals surface area (Å²) >= 11 is 6.36. The minimum absolute atomic E-state index is 0.153. The first-order valence-electron chi connectivity index (χ1n) is 7.62. The highest BCUT2D eigenvalue weighted by Gasteiger charge is 2.31. The smallest absolute Gasteiger partial charge is 0.0850 e. The second kappa shape index (κ2) is 6.92. The van der Waals surface area contributed by atoms with Crippen molar-refractivity contribution < 1.29 is 4.74 Å². The van der Waals surface area contributed by atoms with E-state index in [1.807, 2.05) is 11.7 Å². The van der Waals surface area contributed by atoms with Crippen LogP contribution in [0.1, 0.15) is 44.5 Å². The molecule has 0 bridgehead atoms. The third-order valence-corrected chi connectivity index (χ3v) is 4.63. The molecule has 1 aliphatic carbocycles. The quantitative estimate of drug-likeness (QED) is 0.842. The molecule has 20 heavy (non-hydrogen) atoms. The molecule has 0 radical (unpaired) electrons. The van der Waals surface area contributed by atoms with Gasteiger partial charge >= 0.3 is 0 Å². The van der Waals surface area contributed by atoms with Gasteiger partial charge in [0.05, 0.1) is 22.5 Å². The van der Waals surface area contributed by atoms with E-state index in [2.05, 4.69) is 18.9 Å². The van der Waals surface area contributed by atoms with Crippen molar-refractivity contribution in [3.8, 4) is 0 Å². The van der Waals surface area contributed by atoms with Crippen LogP contribution >= 0.6 is 11.6 Å². The van der Waals surface area contributed by atoms with E-state index in [1.54, 1.807) is 0 Å². The van der Waals surface area contributed by atoms with Crippen LogP contribution in [-0.4, -0.2) is 28.5 Å². The van der Waals surface area contributed by atoms with Gasteiger partial charge in [-0.15, -0.1) is 0 Å². The van der Waals surface area contributed by atoms with Gasteiger partial charge in [0.1, 0.15) is 0 Å². The summed E-state index contributed by atoms with van der Waals surface area (Å²) in [6, 6.07) is 0.153. The van der Waals surface area contributed by atoms with Crippen LogP contribution in [0.5, 0.6) is 0 Å². The van der Waals surface area contributed by atoms with E-state index < -0.39 is 0 Å². The van der Waals surface area contributed by atoms with Gasteiger partial charge in [-0.2, -0.15) is 5.10 Å². The molecule has 1 unspecified atom stereocenters. The summed E-state index contributed by atoms with van der Waals surface area (Å²) in [4.78, 5) is 0. The molecule has 0 saturated heterocycles. The Morgan fingerprint density at radius 3 is 2.70 bits per heavy atom. The summed E-state index contributed by atoms with van der Waals surface area (Å²) in [6.45, 7) is 4.93. The SMILES string of the molecule is CCOC1CC(CC(N)Cc2c(Cl)c(CC)nn2C)C1. The molecule has 1 aliphatic rings. The first-order chi connectivity index (χ1) is 9.55. The second-order valence-electron chi connectivity index (χ2n) is 5.80. The maximum absolute atomic E-state index is 6.36. The molecule has 0 aliphatic heterocycles. The van der Waals surface area contributed by atoms with Crippen LogP contribution in [0.15, 0.2) is 0 Å². The van der Waals surface area contributed by atoms with E-state index in [-0.39, 0.29) is 6.04 Å². The maximum Gasteiger partial charge on any atom is 0.0850 e. The molecule has 5 heteroatoms. The Hall–Kier alpha value is -0.580. The summed E-state index contributed by atoms with van der Waals surface area (Å²) in [5.74, 6) is 0.708. The number of hydrogen-bond donors (Lipinski definition) is 1. The first kappa shape index (κ1) is 15.8. The lowest BCUT2D eigenvalue weighted by molar-refractivity contribution is -0.0281. The standard InChI is InChI=1S/C15H26ClN3O/c1-4-13-15(16)14(19(3)18-13)9-11(17)6-10-7-12(8-10)20-5-2/h10-12H,4-9,17H2,1-3H3. The first-order valence-corrected chi connectivity index (χ1v) is 8.00. The molecule has 114 valence electrons.